The first-order valence-electron chi connectivity index (χ1n) is 18.5. The first-order valence-corrected chi connectivity index (χ1v) is 18.5. The predicted molar refractivity (Wildman–Crippen MR) is 229 cm³/mol. The van der Waals surface area contributed by atoms with E-state index in [0.29, 0.717) is 0 Å². The molecule has 54 heavy (non-hydrogen) atoms. The Morgan fingerprint density at radius 1 is 0.296 bits per heavy atom. The summed E-state index contributed by atoms with van der Waals surface area (Å²) < 4.78 is 2.39. The summed E-state index contributed by atoms with van der Waals surface area (Å²) in [6.07, 6.45) is 0. The van der Waals surface area contributed by atoms with Crippen LogP contribution in [0.25, 0.3) is 71.6 Å². The van der Waals surface area contributed by atoms with Crippen LogP contribution in [0.5, 0.6) is 0 Å². The molecule has 1 aromatic heterocycles. The van der Waals surface area contributed by atoms with Crippen LogP contribution in [-0.2, 0) is 0 Å². The van der Waals surface area contributed by atoms with Crippen LogP contribution in [0.15, 0.2) is 218 Å². The van der Waals surface area contributed by atoms with Gasteiger partial charge in [0.2, 0.25) is 0 Å². The number of benzene rings is 9. The summed E-state index contributed by atoms with van der Waals surface area (Å²) in [5.41, 5.74) is 14.1. The van der Waals surface area contributed by atoms with Crippen molar-refractivity contribution in [1.82, 2.24) is 4.57 Å². The Morgan fingerprint density at radius 2 is 0.815 bits per heavy atom. The van der Waals surface area contributed by atoms with Crippen LogP contribution in [0.4, 0.5) is 17.1 Å². The second kappa shape index (κ2) is 13.4. The fraction of sp³-hybridized carbons (Fsp3) is 0. The van der Waals surface area contributed by atoms with Gasteiger partial charge in [-0.2, -0.15) is 0 Å². The molecule has 0 aliphatic heterocycles. The monoisotopic (exact) mass is 688 g/mol. The summed E-state index contributed by atoms with van der Waals surface area (Å²) in [5.74, 6) is 0. The van der Waals surface area contributed by atoms with Gasteiger partial charge in [-0.15, -0.1) is 0 Å². The van der Waals surface area contributed by atoms with Crippen molar-refractivity contribution in [3.8, 4) is 39.1 Å². The lowest BCUT2D eigenvalue weighted by Gasteiger charge is -2.26. The lowest BCUT2D eigenvalue weighted by Crippen LogP contribution is -2.09. The van der Waals surface area contributed by atoms with Gasteiger partial charge < -0.3 is 9.47 Å². The molecule has 10 aromatic rings. The fourth-order valence-electron chi connectivity index (χ4n) is 7.97. The molecule has 254 valence electrons. The number of para-hydroxylation sites is 2. The summed E-state index contributed by atoms with van der Waals surface area (Å²) >= 11 is 0. The average molecular weight is 689 g/mol. The van der Waals surface area contributed by atoms with E-state index < -0.39 is 0 Å². The Kier molecular flexibility index (Phi) is 7.85. The molecule has 0 saturated heterocycles. The van der Waals surface area contributed by atoms with Crippen LogP contribution in [0.3, 0.4) is 0 Å². The van der Waals surface area contributed by atoms with Gasteiger partial charge in [0.05, 0.1) is 11.0 Å². The van der Waals surface area contributed by atoms with Crippen molar-refractivity contribution in [2.45, 2.75) is 0 Å². The number of hydrogen-bond donors (Lipinski definition) is 0. The number of anilines is 3. The summed E-state index contributed by atoms with van der Waals surface area (Å²) in [5, 5.41) is 4.97. The van der Waals surface area contributed by atoms with Crippen molar-refractivity contribution in [1.29, 1.82) is 0 Å². The molecule has 0 bridgehead atoms. The maximum absolute atomic E-state index is 2.39. The van der Waals surface area contributed by atoms with E-state index in [1.54, 1.807) is 0 Å². The van der Waals surface area contributed by atoms with E-state index in [4.69, 9.17) is 0 Å². The molecule has 10 rings (SSSR count). The first kappa shape index (κ1) is 31.6. The smallest absolute Gasteiger partial charge is 0.0547 e. The van der Waals surface area contributed by atoms with Crippen LogP contribution >= 0.6 is 0 Å². The zero-order chi connectivity index (χ0) is 35.8. The number of nitrogens with zero attached hydrogens (tertiary/aromatic N) is 2. The van der Waals surface area contributed by atoms with Gasteiger partial charge in [-0.3, -0.25) is 0 Å². The van der Waals surface area contributed by atoms with E-state index in [1.807, 2.05) is 0 Å². The van der Waals surface area contributed by atoms with Crippen LogP contribution < -0.4 is 4.90 Å². The topological polar surface area (TPSA) is 8.17 Å². The average Bonchev–Trinajstić information content (AvgIpc) is 3.58. The van der Waals surface area contributed by atoms with E-state index in [2.05, 4.69) is 228 Å². The lowest BCUT2D eigenvalue weighted by molar-refractivity contribution is 1.18. The molecule has 9 aromatic carbocycles. The summed E-state index contributed by atoms with van der Waals surface area (Å²) in [4.78, 5) is 2.35. The molecule has 0 aliphatic carbocycles. The Balaban J connectivity index is 1.06. The minimum atomic E-state index is 1.10. The van der Waals surface area contributed by atoms with E-state index >= 15 is 0 Å². The van der Waals surface area contributed by atoms with Crippen LogP contribution in [0.1, 0.15) is 0 Å². The molecule has 0 atom stereocenters. The van der Waals surface area contributed by atoms with Crippen molar-refractivity contribution < 1.29 is 0 Å². The molecule has 0 unspecified atom stereocenters. The van der Waals surface area contributed by atoms with E-state index in [1.165, 1.54) is 66.0 Å². The Morgan fingerprint density at radius 3 is 1.56 bits per heavy atom. The minimum absolute atomic E-state index is 1.10. The van der Waals surface area contributed by atoms with Gasteiger partial charge in [0, 0.05) is 33.5 Å². The quantitative estimate of drug-likeness (QED) is 0.162. The number of hydrogen-bond acceptors (Lipinski definition) is 1. The van der Waals surface area contributed by atoms with Gasteiger partial charge in [-0.05, 0) is 105 Å². The second-order valence-corrected chi connectivity index (χ2v) is 13.8. The molecule has 0 saturated carbocycles. The highest BCUT2D eigenvalue weighted by molar-refractivity contribution is 6.10. The van der Waals surface area contributed by atoms with Gasteiger partial charge >= 0.3 is 0 Å². The highest BCUT2D eigenvalue weighted by Crippen LogP contribution is 2.41. The van der Waals surface area contributed by atoms with Gasteiger partial charge in [0.1, 0.15) is 0 Å². The van der Waals surface area contributed by atoms with Gasteiger partial charge in [-0.25, -0.2) is 0 Å². The van der Waals surface area contributed by atoms with Gasteiger partial charge in [-0.1, -0.05) is 158 Å². The maximum Gasteiger partial charge on any atom is 0.0547 e. The number of fused-ring (bicyclic) bond motifs is 4. The molecule has 0 N–H and O–H groups in total. The largest absolute Gasteiger partial charge is 0.310 e. The molecule has 0 aliphatic rings. The van der Waals surface area contributed by atoms with Crippen molar-refractivity contribution in [2.24, 2.45) is 0 Å². The molecular formula is C52H36N2. The molecule has 0 radical (unpaired) electrons. The Hall–Kier alpha value is -7.16. The molecule has 2 nitrogen and oxygen atoms in total. The Labute approximate surface area is 315 Å². The molecule has 2 heteroatoms. The van der Waals surface area contributed by atoms with Crippen molar-refractivity contribution in [3.05, 3.63) is 218 Å². The lowest BCUT2D eigenvalue weighted by atomic mass is 9.93. The highest BCUT2D eigenvalue weighted by Gasteiger charge is 2.17. The third-order valence-corrected chi connectivity index (χ3v) is 10.6. The molecular weight excluding hydrogens is 653 g/mol. The summed E-state index contributed by atoms with van der Waals surface area (Å²) in [6.45, 7) is 0. The molecule has 1 heterocycles. The van der Waals surface area contributed by atoms with Crippen LogP contribution in [-0.4, -0.2) is 4.57 Å². The Bertz CT molecular complexity index is 2910. The first-order chi connectivity index (χ1) is 26.8. The van der Waals surface area contributed by atoms with E-state index in [-0.39, 0.29) is 0 Å². The van der Waals surface area contributed by atoms with Crippen molar-refractivity contribution in [3.63, 3.8) is 0 Å². The summed E-state index contributed by atoms with van der Waals surface area (Å²) in [7, 11) is 0. The van der Waals surface area contributed by atoms with Crippen molar-refractivity contribution in [2.75, 3.05) is 4.90 Å². The molecule has 0 fully saturated rings. The summed E-state index contributed by atoms with van der Waals surface area (Å²) in [6, 6.07) is 78.8. The molecule has 0 amide bonds. The fourth-order valence-corrected chi connectivity index (χ4v) is 7.97. The standard InChI is InChI=1S/C52H36N2/c1-3-13-37(14-4-1)39-23-29-44(30-24-39)53(46-33-25-38-15-7-8-16-41(38)35-46)45-31-26-40(27-32-45)47-19-9-10-20-48(47)42-28-34-50-49-21-11-12-22-51(49)54(52(50)36-42)43-17-5-2-6-18-43/h1-36H. The van der Waals surface area contributed by atoms with Gasteiger partial charge in [0.15, 0.2) is 0 Å². The SMILES string of the molecule is c1ccc(-c2ccc(N(c3ccc(-c4ccccc4-c4ccc5c6ccccc6n(-c6ccccc6)c5c4)cc3)c3ccc4ccccc4c3)cc2)cc1. The third kappa shape index (κ3) is 5.62. The second-order valence-electron chi connectivity index (χ2n) is 13.8. The van der Waals surface area contributed by atoms with E-state index in [0.717, 1.165) is 22.7 Å². The minimum Gasteiger partial charge on any atom is -0.310 e. The zero-order valence-electron chi connectivity index (χ0n) is 29.7. The predicted octanol–water partition coefficient (Wildman–Crippen LogP) is 14.4. The zero-order valence-corrected chi connectivity index (χ0v) is 29.7. The number of rotatable bonds is 7. The van der Waals surface area contributed by atoms with E-state index in [9.17, 15) is 0 Å². The van der Waals surface area contributed by atoms with Gasteiger partial charge in [0.25, 0.3) is 0 Å². The van der Waals surface area contributed by atoms with Crippen LogP contribution in [0.2, 0.25) is 0 Å². The van der Waals surface area contributed by atoms with Crippen LogP contribution in [0, 0.1) is 0 Å². The maximum atomic E-state index is 2.39. The highest BCUT2D eigenvalue weighted by atomic mass is 15.1. The molecule has 0 spiro atoms. The van der Waals surface area contributed by atoms with Crippen molar-refractivity contribution >= 4 is 49.6 Å². The third-order valence-electron chi connectivity index (χ3n) is 10.6. The number of aromatic nitrogens is 1. The normalized spacial score (nSPS) is 11.3.